The highest BCUT2D eigenvalue weighted by Crippen LogP contribution is 2.48. The van der Waals surface area contributed by atoms with E-state index in [1.54, 1.807) is 48.8 Å². The summed E-state index contributed by atoms with van der Waals surface area (Å²) in [5, 5.41) is 1.70. The summed E-state index contributed by atoms with van der Waals surface area (Å²) < 4.78 is 5.18. The molecule has 2 aromatic carbocycles. The molecule has 0 radical (unpaired) electrons. The molecule has 0 unspecified atom stereocenters. The topological polar surface area (TPSA) is 72.0 Å². The van der Waals surface area contributed by atoms with Gasteiger partial charge in [0.15, 0.2) is 6.10 Å². The third-order valence-corrected chi connectivity index (χ3v) is 5.82. The molecule has 0 aliphatic carbocycles. The van der Waals surface area contributed by atoms with Crippen molar-refractivity contribution in [3.63, 3.8) is 0 Å². The van der Waals surface area contributed by atoms with Crippen LogP contribution in [-0.4, -0.2) is 30.0 Å². The summed E-state index contributed by atoms with van der Waals surface area (Å²) >= 11 is 0. The van der Waals surface area contributed by atoms with Gasteiger partial charge in [-0.25, -0.2) is 9.96 Å². The average Bonchev–Trinajstić information content (AvgIpc) is 3.31. The van der Waals surface area contributed by atoms with E-state index in [9.17, 15) is 9.59 Å². The zero-order valence-corrected chi connectivity index (χ0v) is 17.1. The summed E-state index contributed by atoms with van der Waals surface area (Å²) in [4.78, 5) is 38.5. The number of benzene rings is 2. The first-order valence-corrected chi connectivity index (χ1v) is 10.0. The number of carbonyl (C=O) groups is 2. The molecular weight excluding hydrogens is 394 g/mol. The van der Waals surface area contributed by atoms with Gasteiger partial charge in [-0.1, -0.05) is 24.3 Å². The molecule has 7 heteroatoms. The summed E-state index contributed by atoms with van der Waals surface area (Å²) in [5.41, 5.74) is 3.13. The second-order valence-electron chi connectivity index (χ2n) is 7.61. The zero-order chi connectivity index (χ0) is 21.5. The third kappa shape index (κ3) is 3.05. The van der Waals surface area contributed by atoms with E-state index in [-0.39, 0.29) is 11.8 Å². The fourth-order valence-corrected chi connectivity index (χ4v) is 4.31. The molecule has 0 saturated carbocycles. The average molecular weight is 415 g/mol. The lowest BCUT2D eigenvalue weighted by Gasteiger charge is -2.29. The number of aromatic nitrogens is 1. The molecular formula is C24H21N3O4. The van der Waals surface area contributed by atoms with Crippen LogP contribution in [0.25, 0.3) is 0 Å². The van der Waals surface area contributed by atoms with Crippen molar-refractivity contribution >= 4 is 23.2 Å². The molecule has 0 spiro atoms. The predicted octanol–water partition coefficient (Wildman–Crippen LogP) is 3.45. The molecule has 2 fully saturated rings. The van der Waals surface area contributed by atoms with E-state index in [2.05, 4.69) is 4.98 Å². The van der Waals surface area contributed by atoms with Gasteiger partial charge in [0.2, 0.25) is 5.91 Å². The smallest absolute Gasteiger partial charge is 0.266 e. The zero-order valence-electron chi connectivity index (χ0n) is 17.1. The first-order chi connectivity index (χ1) is 15.1. The van der Waals surface area contributed by atoms with Crippen LogP contribution in [0.3, 0.4) is 0 Å². The number of nitrogens with zero attached hydrogens (tertiary/aromatic N) is 3. The number of amides is 2. The van der Waals surface area contributed by atoms with Gasteiger partial charge in [-0.2, -0.15) is 0 Å². The summed E-state index contributed by atoms with van der Waals surface area (Å²) in [5.74, 6) is -0.688. The molecule has 5 rings (SSSR count). The molecule has 3 aromatic rings. The van der Waals surface area contributed by atoms with Crippen molar-refractivity contribution in [1.82, 2.24) is 4.98 Å². The summed E-state index contributed by atoms with van der Waals surface area (Å²) in [7, 11) is 1.57. The highest BCUT2D eigenvalue weighted by atomic mass is 16.7. The number of imide groups is 1. The molecule has 7 nitrogen and oxygen atoms in total. The van der Waals surface area contributed by atoms with Gasteiger partial charge in [0.05, 0.1) is 24.5 Å². The van der Waals surface area contributed by atoms with Crippen LogP contribution in [-0.2, 0) is 14.4 Å². The number of hydrogen-bond acceptors (Lipinski definition) is 6. The van der Waals surface area contributed by atoms with Gasteiger partial charge in [-0.3, -0.25) is 19.4 Å². The first kappa shape index (κ1) is 19.3. The van der Waals surface area contributed by atoms with Crippen molar-refractivity contribution in [3.05, 3.63) is 84.2 Å². The molecule has 3 heterocycles. The number of anilines is 2. The molecule has 2 saturated heterocycles. The number of aryl methyl sites for hydroxylation is 1. The number of hydroxylamine groups is 1. The van der Waals surface area contributed by atoms with Crippen LogP contribution >= 0.6 is 0 Å². The van der Waals surface area contributed by atoms with Gasteiger partial charge in [0.25, 0.3) is 5.91 Å². The van der Waals surface area contributed by atoms with Gasteiger partial charge < -0.3 is 4.74 Å². The Balaban J connectivity index is 1.57. The minimum atomic E-state index is -0.903. The fraction of sp³-hybridized carbons (Fsp3) is 0.208. The maximum absolute atomic E-state index is 13.5. The molecule has 2 amide bonds. The van der Waals surface area contributed by atoms with Crippen LogP contribution in [0.15, 0.2) is 73.1 Å². The lowest BCUT2D eigenvalue weighted by molar-refractivity contribution is -0.126. The van der Waals surface area contributed by atoms with Gasteiger partial charge in [-0.05, 0) is 54.4 Å². The number of methoxy groups -OCH3 is 1. The van der Waals surface area contributed by atoms with E-state index in [4.69, 9.17) is 9.57 Å². The van der Waals surface area contributed by atoms with Crippen LogP contribution in [0.5, 0.6) is 5.75 Å². The van der Waals surface area contributed by atoms with Crippen molar-refractivity contribution in [2.75, 3.05) is 17.1 Å². The quantitative estimate of drug-likeness (QED) is 0.608. The van der Waals surface area contributed by atoms with Crippen molar-refractivity contribution in [3.8, 4) is 5.75 Å². The number of pyridine rings is 1. The molecule has 156 valence electrons. The maximum atomic E-state index is 13.5. The van der Waals surface area contributed by atoms with E-state index in [0.717, 1.165) is 16.8 Å². The van der Waals surface area contributed by atoms with E-state index in [1.807, 2.05) is 43.3 Å². The Hall–Kier alpha value is -3.71. The van der Waals surface area contributed by atoms with Crippen LogP contribution in [0.1, 0.15) is 17.2 Å². The largest absolute Gasteiger partial charge is 0.497 e. The molecule has 31 heavy (non-hydrogen) atoms. The van der Waals surface area contributed by atoms with Gasteiger partial charge in [0.1, 0.15) is 11.7 Å². The molecule has 3 atom stereocenters. The van der Waals surface area contributed by atoms with Crippen molar-refractivity contribution < 1.29 is 19.2 Å². The minimum absolute atomic E-state index is 0.287. The molecule has 1 aromatic heterocycles. The third-order valence-electron chi connectivity index (χ3n) is 5.82. The van der Waals surface area contributed by atoms with Crippen LogP contribution in [0, 0.1) is 12.8 Å². The summed E-state index contributed by atoms with van der Waals surface area (Å²) in [6.07, 6.45) is 2.50. The van der Waals surface area contributed by atoms with E-state index < -0.39 is 18.1 Å². The summed E-state index contributed by atoms with van der Waals surface area (Å²) in [6.45, 7) is 1.97. The number of fused-ring (bicyclic) bond motifs is 1. The number of ether oxygens (including phenoxy) is 1. The van der Waals surface area contributed by atoms with Crippen LogP contribution in [0.2, 0.25) is 0 Å². The lowest BCUT2D eigenvalue weighted by atomic mass is 9.91. The molecule has 2 aliphatic rings. The Morgan fingerprint density at radius 2 is 1.74 bits per heavy atom. The van der Waals surface area contributed by atoms with E-state index >= 15 is 0 Å². The Bertz CT molecular complexity index is 1130. The van der Waals surface area contributed by atoms with Crippen molar-refractivity contribution in [2.24, 2.45) is 5.92 Å². The Morgan fingerprint density at radius 3 is 2.42 bits per heavy atom. The Kier molecular flexibility index (Phi) is 4.67. The maximum Gasteiger partial charge on any atom is 0.266 e. The molecule has 0 bridgehead atoms. The minimum Gasteiger partial charge on any atom is -0.497 e. The Labute approximate surface area is 179 Å². The second kappa shape index (κ2) is 7.52. The van der Waals surface area contributed by atoms with Gasteiger partial charge in [0, 0.05) is 12.4 Å². The molecule has 2 aliphatic heterocycles. The van der Waals surface area contributed by atoms with E-state index in [1.165, 1.54) is 4.90 Å². The highest BCUT2D eigenvalue weighted by Gasteiger charge is 2.60. The van der Waals surface area contributed by atoms with Crippen LogP contribution in [0.4, 0.5) is 11.4 Å². The number of hydrogen-bond donors (Lipinski definition) is 0. The van der Waals surface area contributed by atoms with Crippen LogP contribution < -0.4 is 14.7 Å². The Morgan fingerprint density at radius 1 is 0.968 bits per heavy atom. The van der Waals surface area contributed by atoms with Crippen molar-refractivity contribution in [1.29, 1.82) is 0 Å². The predicted molar refractivity (Wildman–Crippen MR) is 114 cm³/mol. The van der Waals surface area contributed by atoms with Gasteiger partial charge >= 0.3 is 0 Å². The van der Waals surface area contributed by atoms with Crippen molar-refractivity contribution in [2.45, 2.75) is 19.1 Å². The lowest BCUT2D eigenvalue weighted by Crippen LogP contribution is -2.37. The van der Waals surface area contributed by atoms with Gasteiger partial charge in [-0.15, -0.1) is 0 Å². The summed E-state index contributed by atoms with van der Waals surface area (Å²) in [6, 6.07) is 17.9. The number of rotatable bonds is 4. The highest BCUT2D eigenvalue weighted by molar-refractivity contribution is 6.23. The molecule has 0 N–H and O–H groups in total. The fourth-order valence-electron chi connectivity index (χ4n) is 4.31. The second-order valence-corrected chi connectivity index (χ2v) is 7.61. The normalized spacial score (nSPS) is 22.7. The first-order valence-electron chi connectivity index (χ1n) is 10.0. The SMILES string of the molecule is COc1ccc(N2C(=O)[C@H]3[C@@H](ON(c4ccccc4C)[C@H]3c3cccnc3)C2=O)cc1. The standard InChI is InChI=1S/C24H21N3O4/c1-15-6-3-4-8-19(15)27-21(16-7-5-13-25-14-16)20-22(31-27)24(29)26(23(20)28)17-9-11-18(30-2)12-10-17/h3-14,20-22H,1-2H3/t20-,21+,22-/m1/s1. The van der Waals surface area contributed by atoms with E-state index in [0.29, 0.717) is 11.4 Å². The monoisotopic (exact) mass is 415 g/mol. The number of para-hydroxylation sites is 1. The number of carbonyl (C=O) groups excluding carboxylic acids is 2.